The summed E-state index contributed by atoms with van der Waals surface area (Å²) < 4.78 is 12.5. The molecule has 0 spiro atoms. The van der Waals surface area contributed by atoms with Crippen LogP contribution >= 0.6 is 0 Å². The second-order valence-corrected chi connectivity index (χ2v) is 11.9. The molecule has 5 aromatic rings. The van der Waals surface area contributed by atoms with Crippen LogP contribution in [0.25, 0.3) is 22.1 Å². The molecule has 7 heteroatoms. The molecular weight excluding hydrogens is 564 g/mol. The highest BCUT2D eigenvalue weighted by atomic mass is 16.5. The highest BCUT2D eigenvalue weighted by Crippen LogP contribution is 2.48. The summed E-state index contributed by atoms with van der Waals surface area (Å²) in [7, 11) is 0. The number of rotatable bonds is 8. The van der Waals surface area contributed by atoms with Gasteiger partial charge in [-0.05, 0) is 40.3 Å². The number of hydrogen-bond donors (Lipinski definition) is 1. The summed E-state index contributed by atoms with van der Waals surface area (Å²) in [5.74, 6) is 0.427. The predicted octanol–water partition coefficient (Wildman–Crippen LogP) is 7.65. The van der Waals surface area contributed by atoms with Crippen molar-refractivity contribution in [3.8, 4) is 11.1 Å². The number of hydrogen-bond acceptors (Lipinski definition) is 5. The van der Waals surface area contributed by atoms with Crippen molar-refractivity contribution in [2.45, 2.75) is 44.4 Å². The summed E-state index contributed by atoms with van der Waals surface area (Å²) in [5, 5.41) is 11.2. The van der Waals surface area contributed by atoms with Crippen LogP contribution in [0.4, 0.5) is 4.79 Å². The Morgan fingerprint density at radius 1 is 0.867 bits per heavy atom. The molecule has 4 aromatic carbocycles. The van der Waals surface area contributed by atoms with Gasteiger partial charge < -0.3 is 14.3 Å². The van der Waals surface area contributed by atoms with Crippen molar-refractivity contribution in [1.82, 2.24) is 9.80 Å². The van der Waals surface area contributed by atoms with Crippen LogP contribution in [0.2, 0.25) is 0 Å². The summed E-state index contributed by atoms with van der Waals surface area (Å²) >= 11 is 0. The Morgan fingerprint density at radius 3 is 2.20 bits per heavy atom. The minimum absolute atomic E-state index is 0.0377. The average Bonchev–Trinajstić information content (AvgIpc) is 3.59. The third-order valence-corrected chi connectivity index (χ3v) is 9.31. The first-order chi connectivity index (χ1) is 22.0. The zero-order valence-electron chi connectivity index (χ0n) is 25.3. The fourth-order valence-corrected chi connectivity index (χ4v) is 7.11. The molecule has 0 saturated carbocycles. The zero-order chi connectivity index (χ0) is 30.9. The van der Waals surface area contributed by atoms with Crippen molar-refractivity contribution < 1.29 is 23.8 Å². The third-order valence-electron chi connectivity index (χ3n) is 9.31. The Morgan fingerprint density at radius 2 is 1.51 bits per heavy atom. The SMILES string of the molecule is CCc1oc2ccccc2c1CN1CCN(C(=O)O)C(C(=O)OC(CC2c3ccccc3-c3ccccc32)c2ccccc2)C1. The third kappa shape index (κ3) is 5.49. The van der Waals surface area contributed by atoms with Crippen LogP contribution in [0.3, 0.4) is 0 Å². The van der Waals surface area contributed by atoms with Gasteiger partial charge in [0, 0.05) is 49.5 Å². The fraction of sp³-hybridized carbons (Fsp3) is 0.263. The monoisotopic (exact) mass is 600 g/mol. The standard InChI is InChI=1S/C38H36N2O5/c1-2-34-32(30-18-10-11-19-35(30)44-34)23-39-20-21-40(38(42)43)33(24-39)37(41)45-36(25-12-4-3-5-13-25)22-31-28-16-8-6-14-26(28)27-15-7-9-17-29(27)31/h3-19,31,33,36H,2,20-24H2,1H3,(H,42,43). The summed E-state index contributed by atoms with van der Waals surface area (Å²) in [4.78, 5) is 29.8. The van der Waals surface area contributed by atoms with Crippen molar-refractivity contribution in [1.29, 1.82) is 0 Å². The number of furan rings is 1. The second kappa shape index (κ2) is 12.3. The van der Waals surface area contributed by atoms with E-state index in [1.807, 2.05) is 48.5 Å². The van der Waals surface area contributed by atoms with Crippen molar-refractivity contribution in [2.24, 2.45) is 0 Å². The Balaban J connectivity index is 1.16. The molecule has 1 aromatic heterocycles. The molecule has 2 unspecified atom stereocenters. The highest BCUT2D eigenvalue weighted by Gasteiger charge is 2.39. The van der Waals surface area contributed by atoms with E-state index < -0.39 is 24.2 Å². The maximum Gasteiger partial charge on any atom is 0.408 e. The number of amides is 1. The van der Waals surface area contributed by atoms with Gasteiger partial charge in [0.2, 0.25) is 0 Å². The topological polar surface area (TPSA) is 83.2 Å². The van der Waals surface area contributed by atoms with E-state index in [0.29, 0.717) is 19.5 Å². The van der Waals surface area contributed by atoms with Crippen LogP contribution < -0.4 is 0 Å². The molecule has 1 aliphatic carbocycles. The smallest absolute Gasteiger partial charge is 0.408 e. The number of para-hydroxylation sites is 1. The molecule has 1 fully saturated rings. The summed E-state index contributed by atoms with van der Waals surface area (Å²) in [6.07, 6.45) is -0.377. The number of piperazine rings is 1. The van der Waals surface area contributed by atoms with Crippen LogP contribution in [0.1, 0.15) is 53.4 Å². The highest BCUT2D eigenvalue weighted by molar-refractivity contribution is 5.83. The molecule has 2 aliphatic rings. The number of aryl methyl sites for hydroxylation is 1. The van der Waals surface area contributed by atoms with Crippen LogP contribution in [0.15, 0.2) is 108 Å². The lowest BCUT2D eigenvalue weighted by Gasteiger charge is -2.39. The quantitative estimate of drug-likeness (QED) is 0.184. The van der Waals surface area contributed by atoms with E-state index in [-0.39, 0.29) is 19.0 Å². The van der Waals surface area contributed by atoms with Crippen molar-refractivity contribution >= 4 is 23.0 Å². The number of fused-ring (bicyclic) bond motifs is 4. The fourth-order valence-electron chi connectivity index (χ4n) is 7.11. The summed E-state index contributed by atoms with van der Waals surface area (Å²) in [5.41, 5.74) is 7.65. The Hall–Kier alpha value is -4.88. The first-order valence-electron chi connectivity index (χ1n) is 15.7. The molecular formula is C38H36N2O5. The Bertz CT molecular complexity index is 1800. The largest absolute Gasteiger partial charge is 0.465 e. The number of ether oxygens (including phenoxy) is 1. The molecule has 1 aliphatic heterocycles. The minimum atomic E-state index is -1.12. The number of carboxylic acid groups (broad SMARTS) is 1. The van der Waals surface area contributed by atoms with Gasteiger partial charge in [0.05, 0.1) is 0 Å². The van der Waals surface area contributed by atoms with Crippen molar-refractivity contribution in [2.75, 3.05) is 19.6 Å². The Labute approximate surface area is 262 Å². The van der Waals surface area contributed by atoms with Crippen LogP contribution in [0.5, 0.6) is 0 Å². The summed E-state index contributed by atoms with van der Waals surface area (Å²) in [6, 6.07) is 33.6. The molecule has 7 nitrogen and oxygen atoms in total. The molecule has 1 amide bonds. The maximum absolute atomic E-state index is 14.1. The predicted molar refractivity (Wildman–Crippen MR) is 173 cm³/mol. The second-order valence-electron chi connectivity index (χ2n) is 11.9. The molecule has 2 heterocycles. The van der Waals surface area contributed by atoms with Crippen molar-refractivity contribution in [3.05, 3.63) is 131 Å². The zero-order valence-corrected chi connectivity index (χ0v) is 25.3. The van der Waals surface area contributed by atoms with Gasteiger partial charge in [-0.3, -0.25) is 9.80 Å². The molecule has 45 heavy (non-hydrogen) atoms. The number of nitrogens with zero attached hydrogens (tertiary/aromatic N) is 2. The lowest BCUT2D eigenvalue weighted by atomic mass is 9.89. The average molecular weight is 601 g/mol. The number of esters is 1. The molecule has 7 rings (SSSR count). The van der Waals surface area contributed by atoms with Gasteiger partial charge in [-0.1, -0.05) is 104 Å². The van der Waals surface area contributed by atoms with E-state index >= 15 is 0 Å². The molecule has 1 N–H and O–H groups in total. The molecule has 228 valence electrons. The number of carbonyl (C=O) groups excluding carboxylic acids is 1. The Kier molecular flexibility index (Phi) is 7.86. The lowest BCUT2D eigenvalue weighted by Crippen LogP contribution is -2.58. The summed E-state index contributed by atoms with van der Waals surface area (Å²) in [6.45, 7) is 3.59. The van der Waals surface area contributed by atoms with Crippen molar-refractivity contribution in [3.63, 3.8) is 0 Å². The maximum atomic E-state index is 14.1. The van der Waals surface area contributed by atoms with Crippen LogP contribution in [0, 0.1) is 0 Å². The van der Waals surface area contributed by atoms with Gasteiger partial charge in [-0.15, -0.1) is 0 Å². The number of carbonyl (C=O) groups is 2. The first kappa shape index (κ1) is 28.9. The van der Waals surface area contributed by atoms with Gasteiger partial charge in [0.1, 0.15) is 23.5 Å². The van der Waals surface area contributed by atoms with E-state index in [4.69, 9.17) is 9.15 Å². The van der Waals surface area contributed by atoms with Gasteiger partial charge in [0.25, 0.3) is 0 Å². The van der Waals surface area contributed by atoms with E-state index in [1.165, 1.54) is 27.2 Å². The van der Waals surface area contributed by atoms with E-state index in [0.717, 1.165) is 34.3 Å². The van der Waals surface area contributed by atoms with E-state index in [2.05, 4.69) is 66.4 Å². The van der Waals surface area contributed by atoms with Gasteiger partial charge >= 0.3 is 12.1 Å². The molecule has 2 atom stereocenters. The van der Waals surface area contributed by atoms with Gasteiger partial charge in [0.15, 0.2) is 0 Å². The molecule has 0 radical (unpaired) electrons. The van der Waals surface area contributed by atoms with E-state index in [1.54, 1.807) is 0 Å². The van der Waals surface area contributed by atoms with Crippen LogP contribution in [-0.2, 0) is 22.5 Å². The molecule has 0 bridgehead atoms. The van der Waals surface area contributed by atoms with Crippen LogP contribution in [-0.4, -0.2) is 52.6 Å². The number of benzene rings is 4. The lowest BCUT2D eigenvalue weighted by molar-refractivity contribution is -0.158. The van der Waals surface area contributed by atoms with Gasteiger partial charge in [-0.25, -0.2) is 9.59 Å². The first-order valence-corrected chi connectivity index (χ1v) is 15.7. The molecule has 1 saturated heterocycles. The van der Waals surface area contributed by atoms with E-state index in [9.17, 15) is 14.7 Å². The van der Waals surface area contributed by atoms with Gasteiger partial charge in [-0.2, -0.15) is 0 Å². The minimum Gasteiger partial charge on any atom is -0.465 e. The normalized spacial score (nSPS) is 17.2.